The number of aromatic nitrogens is 1. The van der Waals surface area contributed by atoms with Crippen LogP contribution in [-0.4, -0.2) is 16.7 Å². The van der Waals surface area contributed by atoms with E-state index in [0.29, 0.717) is 11.6 Å². The predicted molar refractivity (Wildman–Crippen MR) is 95.5 cm³/mol. The fourth-order valence-electron chi connectivity index (χ4n) is 2.66. The van der Waals surface area contributed by atoms with Crippen LogP contribution in [0.1, 0.15) is 24.3 Å². The number of carbonyl (C=O) groups is 1. The summed E-state index contributed by atoms with van der Waals surface area (Å²) in [5.41, 5.74) is 7.32. The topological polar surface area (TPSA) is 80.4 Å². The van der Waals surface area contributed by atoms with Crippen molar-refractivity contribution in [3.63, 3.8) is 0 Å². The molecule has 2 aromatic rings. The molecule has 1 aliphatic rings. The minimum absolute atomic E-state index is 0.105. The number of nitrogens with zero attached hydrogens (tertiary/aromatic N) is 2. The Balaban J connectivity index is 1.66. The highest BCUT2D eigenvalue weighted by molar-refractivity contribution is 6.02. The first kappa shape index (κ1) is 16.8. The van der Waals surface area contributed by atoms with Crippen LogP contribution < -0.4 is 11.1 Å². The van der Waals surface area contributed by atoms with Gasteiger partial charge in [-0.15, -0.1) is 0 Å². The molecular weight excluding hydrogens is 319 g/mol. The van der Waals surface area contributed by atoms with Crippen molar-refractivity contribution >= 4 is 17.4 Å². The van der Waals surface area contributed by atoms with Crippen LogP contribution in [0.25, 0.3) is 0 Å². The molecule has 3 rings (SSSR count). The van der Waals surface area contributed by atoms with Gasteiger partial charge in [0.05, 0.1) is 5.92 Å². The van der Waals surface area contributed by atoms with E-state index in [9.17, 15) is 9.18 Å². The van der Waals surface area contributed by atoms with Gasteiger partial charge in [0.1, 0.15) is 5.84 Å². The van der Waals surface area contributed by atoms with Crippen molar-refractivity contribution in [2.45, 2.75) is 18.8 Å². The first-order chi connectivity index (χ1) is 12.1. The smallest absolute Gasteiger partial charge is 0.255 e. The molecular formula is C19H19FN4O. The van der Waals surface area contributed by atoms with E-state index in [0.717, 1.165) is 18.4 Å². The number of hydrogen-bond donors (Lipinski definition) is 2. The first-order valence-electron chi connectivity index (χ1n) is 8.11. The number of aliphatic imine (C=N–C) groups is 1. The van der Waals surface area contributed by atoms with Crippen molar-refractivity contribution in [2.24, 2.45) is 16.6 Å². The van der Waals surface area contributed by atoms with Crippen molar-refractivity contribution in [1.82, 2.24) is 4.98 Å². The fourth-order valence-corrected chi connectivity index (χ4v) is 2.66. The highest BCUT2D eigenvalue weighted by atomic mass is 19.1. The maximum absolute atomic E-state index is 13.0. The highest BCUT2D eigenvalue weighted by Gasteiger charge is 2.37. The molecule has 0 saturated heterocycles. The third-order valence-corrected chi connectivity index (χ3v) is 3.99. The van der Waals surface area contributed by atoms with E-state index in [1.54, 1.807) is 6.07 Å². The zero-order chi connectivity index (χ0) is 17.6. The number of nitrogens with two attached hydrogens (primary N) is 1. The van der Waals surface area contributed by atoms with Crippen LogP contribution in [0.15, 0.2) is 65.9 Å². The Morgan fingerprint density at radius 2 is 2.08 bits per heavy atom. The number of amides is 1. The molecule has 1 atom stereocenters. The lowest BCUT2D eigenvalue weighted by Crippen LogP contribution is -2.18. The molecule has 1 heterocycles. The third kappa shape index (κ3) is 4.73. The van der Waals surface area contributed by atoms with Gasteiger partial charge >= 0.3 is 0 Å². The van der Waals surface area contributed by atoms with Crippen molar-refractivity contribution in [3.05, 3.63) is 72.4 Å². The van der Waals surface area contributed by atoms with Crippen LogP contribution >= 0.6 is 0 Å². The van der Waals surface area contributed by atoms with Gasteiger partial charge in [0.2, 0.25) is 5.95 Å². The van der Waals surface area contributed by atoms with Gasteiger partial charge in [0.15, 0.2) is 0 Å². The fraction of sp³-hybridized carbons (Fsp3) is 0.211. The number of benzene rings is 1. The Hall–Kier alpha value is -3.02. The second-order valence-corrected chi connectivity index (χ2v) is 5.95. The van der Waals surface area contributed by atoms with Gasteiger partial charge < -0.3 is 11.1 Å². The van der Waals surface area contributed by atoms with Gasteiger partial charge in [-0.2, -0.15) is 9.38 Å². The summed E-state index contributed by atoms with van der Waals surface area (Å²) in [5, 5.41) is 2.85. The van der Waals surface area contributed by atoms with Crippen molar-refractivity contribution in [3.8, 4) is 0 Å². The van der Waals surface area contributed by atoms with Crippen LogP contribution in [0, 0.1) is 11.9 Å². The van der Waals surface area contributed by atoms with E-state index in [1.807, 2.05) is 30.3 Å². The van der Waals surface area contributed by atoms with Gasteiger partial charge in [-0.3, -0.25) is 4.79 Å². The SMILES string of the molecule is NC(/C=C\Nc1ccnc(F)c1)=NC(=O)C(c1ccccc1)C1CC1. The molecule has 1 aliphatic carbocycles. The highest BCUT2D eigenvalue weighted by Crippen LogP contribution is 2.43. The van der Waals surface area contributed by atoms with E-state index in [4.69, 9.17) is 5.73 Å². The number of amidine groups is 1. The van der Waals surface area contributed by atoms with E-state index < -0.39 is 5.95 Å². The summed E-state index contributed by atoms with van der Waals surface area (Å²) in [5.74, 6) is -0.603. The number of pyridine rings is 1. The van der Waals surface area contributed by atoms with Crippen molar-refractivity contribution in [1.29, 1.82) is 0 Å². The van der Waals surface area contributed by atoms with E-state index in [-0.39, 0.29) is 17.7 Å². The van der Waals surface area contributed by atoms with Gasteiger partial charge in [-0.25, -0.2) is 4.98 Å². The lowest BCUT2D eigenvalue weighted by Gasteiger charge is -2.12. The molecule has 0 radical (unpaired) electrons. The number of hydrogen-bond acceptors (Lipinski definition) is 3. The maximum atomic E-state index is 13.0. The summed E-state index contributed by atoms with van der Waals surface area (Å²) in [6, 6.07) is 12.5. The van der Waals surface area contributed by atoms with E-state index >= 15 is 0 Å². The quantitative estimate of drug-likeness (QED) is 0.481. The summed E-state index contributed by atoms with van der Waals surface area (Å²) in [4.78, 5) is 20.0. The Morgan fingerprint density at radius 3 is 2.76 bits per heavy atom. The Morgan fingerprint density at radius 1 is 1.32 bits per heavy atom. The van der Waals surface area contributed by atoms with Crippen LogP contribution in [-0.2, 0) is 4.79 Å². The number of halogens is 1. The zero-order valence-electron chi connectivity index (χ0n) is 13.6. The summed E-state index contributed by atoms with van der Waals surface area (Å²) in [6.45, 7) is 0. The Kier molecular flexibility index (Phi) is 5.18. The molecule has 1 saturated carbocycles. The zero-order valence-corrected chi connectivity index (χ0v) is 13.6. The predicted octanol–water partition coefficient (Wildman–Crippen LogP) is 3.22. The summed E-state index contributed by atoms with van der Waals surface area (Å²) in [7, 11) is 0. The average molecular weight is 338 g/mol. The number of carbonyl (C=O) groups excluding carboxylic acids is 1. The first-order valence-corrected chi connectivity index (χ1v) is 8.11. The van der Waals surface area contributed by atoms with Gasteiger partial charge in [0, 0.05) is 24.2 Å². The lowest BCUT2D eigenvalue weighted by molar-refractivity contribution is -0.119. The van der Waals surface area contributed by atoms with Crippen LogP contribution in [0.5, 0.6) is 0 Å². The maximum Gasteiger partial charge on any atom is 0.255 e. The molecule has 6 heteroatoms. The monoisotopic (exact) mass is 338 g/mol. The molecule has 25 heavy (non-hydrogen) atoms. The number of rotatable bonds is 6. The standard InChI is InChI=1S/C19H19FN4O/c20-16-12-15(8-10-23-16)22-11-9-17(21)24-19(25)18(14-6-7-14)13-4-2-1-3-5-13/h1-5,8-12,14,18H,6-7H2,(H,22,23)(H2,21,24,25)/b11-9-. The molecule has 5 nitrogen and oxygen atoms in total. The van der Waals surface area contributed by atoms with Crippen LogP contribution in [0.4, 0.5) is 10.1 Å². The molecule has 1 fully saturated rings. The van der Waals surface area contributed by atoms with Crippen molar-refractivity contribution in [2.75, 3.05) is 5.32 Å². The normalized spacial score (nSPS) is 16.0. The molecule has 3 N–H and O–H groups in total. The number of anilines is 1. The molecule has 1 unspecified atom stereocenters. The molecule has 1 aromatic heterocycles. The summed E-state index contributed by atoms with van der Waals surface area (Å²) < 4.78 is 13.0. The van der Waals surface area contributed by atoms with E-state index in [1.165, 1.54) is 24.5 Å². The summed E-state index contributed by atoms with van der Waals surface area (Å²) in [6.07, 6.45) is 6.41. The molecule has 1 amide bonds. The van der Waals surface area contributed by atoms with Gasteiger partial charge in [-0.05, 0) is 36.5 Å². The van der Waals surface area contributed by atoms with Crippen LogP contribution in [0.3, 0.4) is 0 Å². The molecule has 1 aromatic carbocycles. The average Bonchev–Trinajstić information content (AvgIpc) is 3.41. The van der Waals surface area contributed by atoms with Crippen LogP contribution in [0.2, 0.25) is 0 Å². The van der Waals surface area contributed by atoms with Crippen molar-refractivity contribution < 1.29 is 9.18 Å². The number of nitrogens with one attached hydrogen (secondary N) is 1. The Bertz CT molecular complexity index is 800. The minimum Gasteiger partial charge on any atom is -0.384 e. The second-order valence-electron chi connectivity index (χ2n) is 5.95. The van der Waals surface area contributed by atoms with Gasteiger partial charge in [0.25, 0.3) is 5.91 Å². The lowest BCUT2D eigenvalue weighted by atomic mass is 9.93. The third-order valence-electron chi connectivity index (χ3n) is 3.99. The molecule has 0 bridgehead atoms. The molecule has 0 aliphatic heterocycles. The largest absolute Gasteiger partial charge is 0.384 e. The minimum atomic E-state index is -0.578. The summed E-state index contributed by atoms with van der Waals surface area (Å²) >= 11 is 0. The second kappa shape index (κ2) is 7.70. The van der Waals surface area contributed by atoms with Gasteiger partial charge in [-0.1, -0.05) is 30.3 Å². The molecule has 0 spiro atoms. The van der Waals surface area contributed by atoms with E-state index in [2.05, 4.69) is 15.3 Å². The molecule has 128 valence electrons. The Labute approximate surface area is 145 Å².